The van der Waals surface area contributed by atoms with Gasteiger partial charge in [-0.05, 0) is 49.4 Å². The van der Waals surface area contributed by atoms with E-state index in [-0.39, 0.29) is 11.9 Å². The summed E-state index contributed by atoms with van der Waals surface area (Å²) in [7, 11) is 0. The number of hydrogen-bond donors (Lipinski definition) is 3. The van der Waals surface area contributed by atoms with Gasteiger partial charge in [-0.15, -0.1) is 11.3 Å². The largest absolute Gasteiger partial charge is 0.326 e. The molecule has 0 bridgehead atoms. The number of carbonyl (C=O) groups excluding carboxylic acids is 2. The van der Waals surface area contributed by atoms with E-state index in [2.05, 4.69) is 16.0 Å². The smallest absolute Gasteiger partial charge is 0.319 e. The fourth-order valence-electron chi connectivity index (χ4n) is 2.74. The number of benzene rings is 1. The number of rotatable bonds is 3. The third-order valence-electron chi connectivity index (χ3n) is 4.19. The molecule has 2 heterocycles. The van der Waals surface area contributed by atoms with Crippen LogP contribution in [-0.4, -0.2) is 11.9 Å². The molecule has 3 N–H and O–H groups in total. The Kier molecular flexibility index (Phi) is 4.40. The zero-order valence-electron chi connectivity index (χ0n) is 13.8. The van der Waals surface area contributed by atoms with E-state index >= 15 is 0 Å². The SMILES string of the molecule is CC1=C(C(=O)Nc2cccc(C)c2C)[C@H](c2cccs2)NC(=O)N1. The Bertz CT molecular complexity index is 825. The van der Waals surface area contributed by atoms with E-state index in [1.165, 1.54) is 11.3 Å². The molecule has 0 radical (unpaired) electrons. The first-order valence-electron chi connectivity index (χ1n) is 7.66. The van der Waals surface area contributed by atoms with E-state index in [1.54, 1.807) is 6.92 Å². The summed E-state index contributed by atoms with van der Waals surface area (Å²) in [5.74, 6) is -0.216. The number of amides is 3. The maximum Gasteiger partial charge on any atom is 0.319 e. The minimum atomic E-state index is -0.441. The predicted octanol–water partition coefficient (Wildman–Crippen LogP) is 3.63. The molecular weight excluding hydrogens is 322 g/mol. The molecule has 3 rings (SSSR count). The van der Waals surface area contributed by atoms with Gasteiger partial charge in [0.1, 0.15) is 0 Å². The van der Waals surface area contributed by atoms with Crippen LogP contribution in [-0.2, 0) is 4.79 Å². The van der Waals surface area contributed by atoms with E-state index in [9.17, 15) is 9.59 Å². The Morgan fingerprint density at radius 1 is 1.17 bits per heavy atom. The first-order chi connectivity index (χ1) is 11.5. The second-order valence-corrected chi connectivity index (χ2v) is 6.77. The van der Waals surface area contributed by atoms with Crippen LogP contribution in [0.15, 0.2) is 47.0 Å². The summed E-state index contributed by atoms with van der Waals surface area (Å²) >= 11 is 1.51. The van der Waals surface area contributed by atoms with Crippen LogP contribution in [0, 0.1) is 13.8 Å². The summed E-state index contributed by atoms with van der Waals surface area (Å²) in [6, 6.07) is 8.88. The lowest BCUT2D eigenvalue weighted by Gasteiger charge is -2.28. The van der Waals surface area contributed by atoms with Gasteiger partial charge in [-0.2, -0.15) is 0 Å². The molecule has 2 aromatic rings. The van der Waals surface area contributed by atoms with Crippen LogP contribution in [0.4, 0.5) is 10.5 Å². The Balaban J connectivity index is 1.95. The lowest BCUT2D eigenvalue weighted by molar-refractivity contribution is -0.113. The van der Waals surface area contributed by atoms with Crippen LogP contribution in [0.25, 0.3) is 0 Å². The maximum atomic E-state index is 12.9. The quantitative estimate of drug-likeness (QED) is 0.798. The van der Waals surface area contributed by atoms with Crippen molar-refractivity contribution in [2.24, 2.45) is 0 Å². The molecule has 0 fully saturated rings. The standard InChI is InChI=1S/C18H19N3O2S/c1-10-6-4-7-13(11(10)2)20-17(22)15-12(3)19-18(23)21-16(15)14-8-5-9-24-14/h4-9,16H,1-3H3,(H,20,22)(H2,19,21,23)/t16-/m0/s1. The summed E-state index contributed by atoms with van der Waals surface area (Å²) < 4.78 is 0. The highest BCUT2D eigenvalue weighted by molar-refractivity contribution is 7.10. The molecule has 5 nitrogen and oxygen atoms in total. The molecule has 124 valence electrons. The molecule has 0 spiro atoms. The summed E-state index contributed by atoms with van der Waals surface area (Å²) in [6.07, 6.45) is 0. The second kappa shape index (κ2) is 6.49. The molecule has 0 aliphatic carbocycles. The van der Waals surface area contributed by atoms with Crippen molar-refractivity contribution in [1.82, 2.24) is 10.6 Å². The van der Waals surface area contributed by atoms with Crippen molar-refractivity contribution >= 4 is 29.0 Å². The van der Waals surface area contributed by atoms with Crippen LogP contribution < -0.4 is 16.0 Å². The van der Waals surface area contributed by atoms with Crippen LogP contribution in [0.5, 0.6) is 0 Å². The van der Waals surface area contributed by atoms with Gasteiger partial charge in [0.15, 0.2) is 0 Å². The number of nitrogens with one attached hydrogen (secondary N) is 3. The van der Waals surface area contributed by atoms with Gasteiger partial charge in [0, 0.05) is 16.3 Å². The van der Waals surface area contributed by atoms with Crippen LogP contribution >= 0.6 is 11.3 Å². The Labute approximate surface area is 144 Å². The highest BCUT2D eigenvalue weighted by Gasteiger charge is 2.31. The first kappa shape index (κ1) is 16.3. The van der Waals surface area contributed by atoms with Gasteiger partial charge in [0.25, 0.3) is 5.91 Å². The Hall–Kier alpha value is -2.60. The van der Waals surface area contributed by atoms with E-state index in [0.717, 1.165) is 21.7 Å². The minimum Gasteiger partial charge on any atom is -0.326 e. The third kappa shape index (κ3) is 3.05. The van der Waals surface area contributed by atoms with Crippen LogP contribution in [0.1, 0.15) is 29.0 Å². The lowest BCUT2D eigenvalue weighted by atomic mass is 10.00. The monoisotopic (exact) mass is 341 g/mol. The predicted molar refractivity (Wildman–Crippen MR) is 96.0 cm³/mol. The molecule has 6 heteroatoms. The fraction of sp³-hybridized carbons (Fsp3) is 0.222. The van der Waals surface area contributed by atoms with Gasteiger partial charge in [-0.3, -0.25) is 4.79 Å². The van der Waals surface area contributed by atoms with Crippen molar-refractivity contribution in [3.05, 3.63) is 63.0 Å². The van der Waals surface area contributed by atoms with Gasteiger partial charge in [0.05, 0.1) is 11.6 Å². The van der Waals surface area contributed by atoms with Gasteiger partial charge in [-0.25, -0.2) is 4.79 Å². The van der Waals surface area contributed by atoms with E-state index < -0.39 is 6.04 Å². The van der Waals surface area contributed by atoms with Crippen LogP contribution in [0.2, 0.25) is 0 Å². The van der Waals surface area contributed by atoms with Gasteiger partial charge >= 0.3 is 6.03 Å². The Morgan fingerprint density at radius 2 is 1.96 bits per heavy atom. The average molecular weight is 341 g/mol. The van der Waals surface area contributed by atoms with Crippen molar-refractivity contribution in [1.29, 1.82) is 0 Å². The lowest BCUT2D eigenvalue weighted by Crippen LogP contribution is -2.45. The molecule has 1 aliphatic heterocycles. The van der Waals surface area contributed by atoms with Crippen molar-refractivity contribution in [3.63, 3.8) is 0 Å². The number of thiophene rings is 1. The first-order valence-corrected chi connectivity index (χ1v) is 8.54. The van der Waals surface area contributed by atoms with Crippen molar-refractivity contribution < 1.29 is 9.59 Å². The molecule has 3 amide bonds. The molecule has 1 aliphatic rings. The van der Waals surface area contributed by atoms with E-state index in [1.807, 2.05) is 49.6 Å². The minimum absolute atomic E-state index is 0.216. The van der Waals surface area contributed by atoms with Crippen molar-refractivity contribution in [2.75, 3.05) is 5.32 Å². The van der Waals surface area contributed by atoms with Crippen molar-refractivity contribution in [3.8, 4) is 0 Å². The second-order valence-electron chi connectivity index (χ2n) is 5.79. The van der Waals surface area contributed by atoms with Gasteiger partial charge in [0.2, 0.25) is 0 Å². The molecular formula is C18H19N3O2S. The molecule has 1 aromatic carbocycles. The highest BCUT2D eigenvalue weighted by atomic mass is 32.1. The van der Waals surface area contributed by atoms with Crippen LogP contribution in [0.3, 0.4) is 0 Å². The average Bonchev–Trinajstić information content (AvgIpc) is 3.05. The normalized spacial score (nSPS) is 17.3. The molecule has 0 saturated heterocycles. The third-order valence-corrected chi connectivity index (χ3v) is 5.13. The molecule has 24 heavy (non-hydrogen) atoms. The molecule has 1 aromatic heterocycles. The van der Waals surface area contributed by atoms with Gasteiger partial charge in [-0.1, -0.05) is 18.2 Å². The molecule has 0 saturated carbocycles. The summed E-state index contributed by atoms with van der Waals surface area (Å²) in [6.45, 7) is 5.73. The topological polar surface area (TPSA) is 70.2 Å². The molecule has 1 atom stereocenters. The van der Waals surface area contributed by atoms with Crippen molar-refractivity contribution in [2.45, 2.75) is 26.8 Å². The summed E-state index contributed by atoms with van der Waals surface area (Å²) in [5, 5.41) is 10.4. The number of aryl methyl sites for hydroxylation is 1. The van der Waals surface area contributed by atoms with Gasteiger partial charge < -0.3 is 16.0 Å². The molecule has 0 unspecified atom stereocenters. The van der Waals surface area contributed by atoms with E-state index in [4.69, 9.17) is 0 Å². The number of anilines is 1. The number of urea groups is 1. The zero-order valence-corrected chi connectivity index (χ0v) is 14.6. The highest BCUT2D eigenvalue weighted by Crippen LogP contribution is 2.31. The zero-order chi connectivity index (χ0) is 17.3. The summed E-state index contributed by atoms with van der Waals surface area (Å²) in [4.78, 5) is 25.6. The fourth-order valence-corrected chi connectivity index (χ4v) is 3.52. The summed E-state index contributed by atoms with van der Waals surface area (Å²) in [5.41, 5.74) is 4.02. The number of carbonyl (C=O) groups is 2. The maximum absolute atomic E-state index is 12.9. The van der Waals surface area contributed by atoms with E-state index in [0.29, 0.717) is 11.3 Å². The number of hydrogen-bond acceptors (Lipinski definition) is 3. The Morgan fingerprint density at radius 3 is 2.67 bits per heavy atom. The number of allylic oxidation sites excluding steroid dienone is 1.